The zero-order valence-electron chi connectivity index (χ0n) is 13.6. The third kappa shape index (κ3) is 3.01. The molecule has 4 nitrogen and oxygen atoms in total. The lowest BCUT2D eigenvalue weighted by Gasteiger charge is -2.26. The Kier molecular flexibility index (Phi) is 4.19. The standard InChI is InChI=1S/C19H16ClN3OS/c1-12-6-7-13(20)10-16(12)22-18-17-15(5-2-8-21-17)19(24)23(18)11-14-4-3-9-25-14/h2-10,18,22H,11H2,1H3/t18-/m0/s1. The van der Waals surface area contributed by atoms with Crippen molar-refractivity contribution in [1.82, 2.24) is 9.88 Å². The highest BCUT2D eigenvalue weighted by molar-refractivity contribution is 7.09. The van der Waals surface area contributed by atoms with E-state index in [9.17, 15) is 4.79 Å². The molecular formula is C19H16ClN3OS. The molecule has 6 heteroatoms. The normalized spacial score (nSPS) is 16.2. The summed E-state index contributed by atoms with van der Waals surface area (Å²) in [5.74, 6) is -0.00585. The van der Waals surface area contributed by atoms with Crippen LogP contribution in [-0.2, 0) is 6.54 Å². The van der Waals surface area contributed by atoms with Crippen LogP contribution in [0.1, 0.15) is 32.7 Å². The summed E-state index contributed by atoms with van der Waals surface area (Å²) in [4.78, 5) is 20.3. The minimum Gasteiger partial charge on any atom is -0.360 e. The van der Waals surface area contributed by atoms with Gasteiger partial charge in [0.1, 0.15) is 6.17 Å². The van der Waals surface area contributed by atoms with Crippen molar-refractivity contribution in [3.63, 3.8) is 0 Å². The molecule has 3 heterocycles. The van der Waals surface area contributed by atoms with Crippen molar-refractivity contribution in [3.8, 4) is 0 Å². The highest BCUT2D eigenvalue weighted by atomic mass is 35.5. The summed E-state index contributed by atoms with van der Waals surface area (Å²) in [5.41, 5.74) is 3.37. The minimum absolute atomic E-state index is 0.00585. The van der Waals surface area contributed by atoms with Gasteiger partial charge in [-0.05, 0) is 48.2 Å². The summed E-state index contributed by atoms with van der Waals surface area (Å²) >= 11 is 7.79. The third-order valence-corrected chi connectivity index (χ3v) is 5.39. The zero-order chi connectivity index (χ0) is 17.4. The minimum atomic E-state index is -0.317. The molecule has 1 amide bonds. The first-order valence-electron chi connectivity index (χ1n) is 7.94. The Balaban J connectivity index is 1.72. The van der Waals surface area contributed by atoms with E-state index in [2.05, 4.69) is 10.3 Å². The largest absolute Gasteiger partial charge is 0.360 e. The molecule has 0 aliphatic carbocycles. The topological polar surface area (TPSA) is 45.2 Å². The van der Waals surface area contributed by atoms with Gasteiger partial charge in [0.15, 0.2) is 0 Å². The molecule has 3 aromatic rings. The summed E-state index contributed by atoms with van der Waals surface area (Å²) in [6, 6.07) is 13.4. The van der Waals surface area contributed by atoms with Gasteiger partial charge in [-0.2, -0.15) is 0 Å². The number of nitrogens with one attached hydrogen (secondary N) is 1. The van der Waals surface area contributed by atoms with Crippen LogP contribution in [0.2, 0.25) is 5.02 Å². The van der Waals surface area contributed by atoms with Gasteiger partial charge in [-0.3, -0.25) is 9.78 Å². The van der Waals surface area contributed by atoms with Gasteiger partial charge >= 0.3 is 0 Å². The second-order valence-electron chi connectivity index (χ2n) is 5.95. The number of thiophene rings is 1. The summed E-state index contributed by atoms with van der Waals surface area (Å²) in [7, 11) is 0. The first-order chi connectivity index (χ1) is 12.1. The molecule has 4 rings (SSSR count). The lowest BCUT2D eigenvalue weighted by Crippen LogP contribution is -2.32. The molecule has 0 unspecified atom stereocenters. The predicted octanol–water partition coefficient (Wildman–Crippen LogP) is 4.87. The van der Waals surface area contributed by atoms with Crippen molar-refractivity contribution in [1.29, 1.82) is 0 Å². The van der Waals surface area contributed by atoms with Gasteiger partial charge in [0.05, 0.1) is 17.8 Å². The van der Waals surface area contributed by atoms with Crippen LogP contribution < -0.4 is 5.32 Å². The Bertz CT molecular complexity index is 926. The Morgan fingerprint density at radius 1 is 1.28 bits per heavy atom. The van der Waals surface area contributed by atoms with E-state index in [4.69, 9.17) is 11.6 Å². The number of halogens is 1. The highest BCUT2D eigenvalue weighted by Gasteiger charge is 2.38. The van der Waals surface area contributed by atoms with E-state index >= 15 is 0 Å². The highest BCUT2D eigenvalue weighted by Crippen LogP contribution is 2.35. The predicted molar refractivity (Wildman–Crippen MR) is 101 cm³/mol. The average molecular weight is 370 g/mol. The van der Waals surface area contributed by atoms with Crippen LogP contribution in [0.25, 0.3) is 0 Å². The Hall–Kier alpha value is -2.37. The first-order valence-corrected chi connectivity index (χ1v) is 9.20. The van der Waals surface area contributed by atoms with Crippen LogP contribution in [-0.4, -0.2) is 15.8 Å². The molecule has 126 valence electrons. The summed E-state index contributed by atoms with van der Waals surface area (Å²) in [5, 5.41) is 6.14. The fraction of sp³-hybridized carbons (Fsp3) is 0.158. The molecule has 1 aromatic carbocycles. The van der Waals surface area contributed by atoms with E-state index in [0.717, 1.165) is 21.8 Å². The number of aryl methyl sites for hydroxylation is 1. The van der Waals surface area contributed by atoms with Gasteiger partial charge in [0.25, 0.3) is 5.91 Å². The van der Waals surface area contributed by atoms with Crippen LogP contribution in [0, 0.1) is 6.92 Å². The maximum absolute atomic E-state index is 12.9. The SMILES string of the molecule is Cc1ccc(Cl)cc1N[C@@H]1c2ncccc2C(=O)N1Cc1cccs1. The van der Waals surface area contributed by atoms with Gasteiger partial charge in [0, 0.05) is 21.8 Å². The number of hydrogen-bond acceptors (Lipinski definition) is 4. The molecule has 1 aliphatic heterocycles. The van der Waals surface area contributed by atoms with E-state index in [1.807, 2.05) is 53.6 Å². The Morgan fingerprint density at radius 2 is 2.16 bits per heavy atom. The van der Waals surface area contributed by atoms with Crippen molar-refractivity contribution in [3.05, 3.63) is 80.8 Å². The molecule has 1 atom stereocenters. The van der Waals surface area contributed by atoms with E-state index in [1.54, 1.807) is 23.6 Å². The fourth-order valence-electron chi connectivity index (χ4n) is 3.01. The number of hydrogen-bond donors (Lipinski definition) is 1. The number of fused-ring (bicyclic) bond motifs is 1. The quantitative estimate of drug-likeness (QED) is 0.713. The van der Waals surface area contributed by atoms with Gasteiger partial charge in [-0.1, -0.05) is 23.7 Å². The number of rotatable bonds is 4. The lowest BCUT2D eigenvalue weighted by molar-refractivity contribution is 0.0729. The number of nitrogens with zero attached hydrogens (tertiary/aromatic N) is 2. The molecule has 0 spiro atoms. The van der Waals surface area contributed by atoms with Crippen molar-refractivity contribution in [2.75, 3.05) is 5.32 Å². The Labute approximate surface area is 155 Å². The lowest BCUT2D eigenvalue weighted by atomic mass is 10.1. The summed E-state index contributed by atoms with van der Waals surface area (Å²) in [6.45, 7) is 2.56. The Morgan fingerprint density at radius 3 is 2.96 bits per heavy atom. The molecule has 25 heavy (non-hydrogen) atoms. The van der Waals surface area contributed by atoms with Gasteiger partial charge in [-0.25, -0.2) is 0 Å². The smallest absolute Gasteiger partial charge is 0.258 e. The number of anilines is 1. The van der Waals surface area contributed by atoms with Crippen LogP contribution in [0.4, 0.5) is 5.69 Å². The maximum Gasteiger partial charge on any atom is 0.258 e. The molecule has 1 aliphatic rings. The van der Waals surface area contributed by atoms with E-state index in [1.165, 1.54) is 0 Å². The monoisotopic (exact) mass is 369 g/mol. The van der Waals surface area contributed by atoms with Gasteiger partial charge in [0.2, 0.25) is 0 Å². The number of carbonyl (C=O) groups is 1. The molecular weight excluding hydrogens is 354 g/mol. The van der Waals surface area contributed by atoms with E-state index < -0.39 is 0 Å². The summed E-state index contributed by atoms with van der Waals surface area (Å²) in [6.07, 6.45) is 1.41. The number of amides is 1. The zero-order valence-corrected chi connectivity index (χ0v) is 15.1. The van der Waals surface area contributed by atoms with Crippen molar-refractivity contribution < 1.29 is 4.79 Å². The second-order valence-corrected chi connectivity index (χ2v) is 7.42. The average Bonchev–Trinajstić information content (AvgIpc) is 3.21. The van der Waals surface area contributed by atoms with E-state index in [0.29, 0.717) is 17.1 Å². The molecule has 0 radical (unpaired) electrons. The molecule has 0 fully saturated rings. The van der Waals surface area contributed by atoms with E-state index in [-0.39, 0.29) is 12.1 Å². The molecule has 1 N–H and O–H groups in total. The van der Waals surface area contributed by atoms with Crippen LogP contribution in [0.3, 0.4) is 0 Å². The number of benzene rings is 1. The number of aromatic nitrogens is 1. The first kappa shape index (κ1) is 16.1. The molecule has 0 saturated carbocycles. The van der Waals surface area contributed by atoms with Crippen molar-refractivity contribution in [2.45, 2.75) is 19.6 Å². The number of carbonyl (C=O) groups excluding carboxylic acids is 1. The maximum atomic E-state index is 12.9. The number of pyridine rings is 1. The van der Waals surface area contributed by atoms with Gasteiger partial charge < -0.3 is 10.2 Å². The molecule has 2 aromatic heterocycles. The van der Waals surface area contributed by atoms with Crippen LogP contribution in [0.5, 0.6) is 0 Å². The second kappa shape index (κ2) is 6.50. The van der Waals surface area contributed by atoms with Crippen molar-refractivity contribution in [2.24, 2.45) is 0 Å². The van der Waals surface area contributed by atoms with Gasteiger partial charge in [-0.15, -0.1) is 11.3 Å². The third-order valence-electron chi connectivity index (χ3n) is 4.30. The molecule has 0 bridgehead atoms. The fourth-order valence-corrected chi connectivity index (χ4v) is 3.89. The molecule has 0 saturated heterocycles. The van der Waals surface area contributed by atoms with Crippen LogP contribution in [0.15, 0.2) is 54.0 Å². The van der Waals surface area contributed by atoms with Crippen LogP contribution >= 0.6 is 22.9 Å². The summed E-state index contributed by atoms with van der Waals surface area (Å²) < 4.78 is 0. The van der Waals surface area contributed by atoms with Crippen molar-refractivity contribution >= 4 is 34.5 Å².